The quantitative estimate of drug-likeness (QED) is 0.382. The summed E-state index contributed by atoms with van der Waals surface area (Å²) in [5.74, 6) is 0.177. The minimum absolute atomic E-state index is 0.0257. The van der Waals surface area contributed by atoms with Crippen LogP contribution in [-0.2, 0) is 22.3 Å². The number of ether oxygens (including phenoxy) is 2. The van der Waals surface area contributed by atoms with Crippen molar-refractivity contribution in [2.24, 2.45) is 0 Å². The maximum Gasteiger partial charge on any atom is 0.329 e. The highest BCUT2D eigenvalue weighted by Crippen LogP contribution is 2.28. The molecular formula is C18H26B4ClFN2O5. The van der Waals surface area contributed by atoms with Crippen molar-refractivity contribution in [2.75, 3.05) is 0 Å². The van der Waals surface area contributed by atoms with E-state index >= 15 is 0 Å². The Hall–Kier alpha value is -1.74. The molecule has 0 aliphatic heterocycles. The zero-order valence-electron chi connectivity index (χ0n) is 18.9. The highest BCUT2D eigenvalue weighted by Gasteiger charge is 2.43. The number of alkyl halides is 1. The summed E-state index contributed by atoms with van der Waals surface area (Å²) in [6, 6.07) is 3.64. The summed E-state index contributed by atoms with van der Waals surface area (Å²) < 4.78 is 26.0. The number of benzene rings is 1. The number of nitrogens with zero attached hydrogens (tertiary/aromatic N) is 2. The van der Waals surface area contributed by atoms with Gasteiger partial charge in [-0.05, 0) is 31.9 Å². The van der Waals surface area contributed by atoms with Crippen molar-refractivity contribution in [3.8, 4) is 5.75 Å². The molecule has 0 aliphatic carbocycles. The van der Waals surface area contributed by atoms with Gasteiger partial charge >= 0.3 is 6.04 Å². The standard InChI is InChI=1S/C18H26B4ClFN2O5/c1-15(2,3)26-14(27)13(23)12(8-25-26)31-16(19,20)11-6-4-10(5-7-11)9-30-17(21,22)18(24,28)29/h4-8,28-29H,9,19-22H2,1-3H3. The van der Waals surface area contributed by atoms with Crippen molar-refractivity contribution in [3.05, 3.63) is 57.0 Å². The van der Waals surface area contributed by atoms with Gasteiger partial charge in [0.15, 0.2) is 26.5 Å². The van der Waals surface area contributed by atoms with E-state index in [4.69, 9.17) is 31.3 Å². The molecule has 0 amide bonds. The van der Waals surface area contributed by atoms with Gasteiger partial charge < -0.3 is 19.7 Å². The zero-order valence-corrected chi connectivity index (χ0v) is 19.6. The predicted octanol–water partition coefficient (Wildman–Crippen LogP) is -1.85. The van der Waals surface area contributed by atoms with Gasteiger partial charge in [-0.2, -0.15) is 9.49 Å². The Morgan fingerprint density at radius 2 is 1.68 bits per heavy atom. The van der Waals surface area contributed by atoms with Crippen molar-refractivity contribution < 1.29 is 24.1 Å². The van der Waals surface area contributed by atoms with Gasteiger partial charge in [0.1, 0.15) is 15.7 Å². The number of aliphatic hydroxyl groups is 2. The molecule has 0 saturated carbocycles. The second-order valence-electron chi connectivity index (χ2n) is 9.41. The topological polar surface area (TPSA) is 93.8 Å². The van der Waals surface area contributed by atoms with Crippen molar-refractivity contribution in [1.29, 1.82) is 0 Å². The van der Waals surface area contributed by atoms with E-state index in [1.54, 1.807) is 24.3 Å². The van der Waals surface area contributed by atoms with Crippen molar-refractivity contribution in [1.82, 2.24) is 9.78 Å². The Morgan fingerprint density at radius 3 is 2.16 bits per heavy atom. The summed E-state index contributed by atoms with van der Waals surface area (Å²) in [5.41, 5.74) is 0.532. The highest BCUT2D eigenvalue weighted by atomic mass is 35.5. The molecular weight excluding hydrogens is 422 g/mol. The lowest BCUT2D eigenvalue weighted by Crippen LogP contribution is -2.54. The van der Waals surface area contributed by atoms with E-state index in [9.17, 15) is 9.18 Å². The normalized spacial score (nSPS) is 13.3. The molecule has 31 heavy (non-hydrogen) atoms. The van der Waals surface area contributed by atoms with Gasteiger partial charge in [0.25, 0.3) is 5.56 Å². The summed E-state index contributed by atoms with van der Waals surface area (Å²) in [6.07, 6.45) is 1.42. The van der Waals surface area contributed by atoms with E-state index in [-0.39, 0.29) is 17.4 Å². The summed E-state index contributed by atoms with van der Waals surface area (Å²) in [5, 5.41) is 19.7. The Kier molecular flexibility index (Phi) is 7.12. The number of aromatic nitrogens is 2. The van der Waals surface area contributed by atoms with Gasteiger partial charge in [-0.25, -0.2) is 4.68 Å². The van der Waals surface area contributed by atoms with Gasteiger partial charge in [0.2, 0.25) is 0 Å². The number of halogens is 2. The average Bonchev–Trinajstić information content (AvgIpc) is 2.62. The molecule has 13 heteroatoms. The molecule has 0 unspecified atom stereocenters. The smallest absolute Gasteiger partial charge is 0.329 e. The van der Waals surface area contributed by atoms with Crippen LogP contribution in [0.25, 0.3) is 0 Å². The summed E-state index contributed by atoms with van der Waals surface area (Å²) in [7, 11) is 6.12. The molecule has 1 aromatic carbocycles. The molecule has 0 radical (unpaired) electrons. The van der Waals surface area contributed by atoms with E-state index in [2.05, 4.69) is 5.10 Å². The van der Waals surface area contributed by atoms with E-state index in [0.29, 0.717) is 5.56 Å². The summed E-state index contributed by atoms with van der Waals surface area (Å²) in [4.78, 5) is 12.5. The summed E-state index contributed by atoms with van der Waals surface area (Å²) in [6.45, 7) is 5.53. The molecule has 2 N–H and O–H groups in total. The second-order valence-corrected chi connectivity index (χ2v) is 9.78. The lowest BCUT2D eigenvalue weighted by molar-refractivity contribution is -0.312. The zero-order chi connectivity index (χ0) is 23.8. The first-order valence-electron chi connectivity index (χ1n) is 9.80. The Morgan fingerprint density at radius 1 is 1.13 bits per heavy atom. The fourth-order valence-electron chi connectivity index (χ4n) is 2.66. The lowest BCUT2D eigenvalue weighted by atomic mass is 9.61. The van der Waals surface area contributed by atoms with Crippen LogP contribution in [-0.4, -0.2) is 62.8 Å². The largest absolute Gasteiger partial charge is 0.498 e. The lowest BCUT2D eigenvalue weighted by Gasteiger charge is -2.32. The average molecular weight is 448 g/mol. The maximum absolute atomic E-state index is 13.4. The van der Waals surface area contributed by atoms with E-state index < -0.39 is 27.9 Å². The molecule has 0 fully saturated rings. The Balaban J connectivity index is 2.18. The maximum atomic E-state index is 13.4. The van der Waals surface area contributed by atoms with Crippen LogP contribution in [0, 0.1) is 0 Å². The molecule has 7 nitrogen and oxygen atoms in total. The summed E-state index contributed by atoms with van der Waals surface area (Å²) >= 11 is 6.26. The van der Waals surface area contributed by atoms with Crippen molar-refractivity contribution >= 4 is 43.0 Å². The predicted molar refractivity (Wildman–Crippen MR) is 127 cm³/mol. The van der Waals surface area contributed by atoms with E-state index in [1.807, 2.05) is 36.5 Å². The third-order valence-corrected chi connectivity index (χ3v) is 5.25. The highest BCUT2D eigenvalue weighted by molar-refractivity contribution is 6.40. The molecule has 0 atom stereocenters. The fourth-order valence-corrected chi connectivity index (χ4v) is 2.83. The van der Waals surface area contributed by atoms with Crippen LogP contribution in [0.1, 0.15) is 31.9 Å². The molecule has 0 aliphatic rings. The van der Waals surface area contributed by atoms with Crippen LogP contribution in [0.15, 0.2) is 35.3 Å². The van der Waals surface area contributed by atoms with Gasteiger partial charge in [0, 0.05) is 0 Å². The first kappa shape index (κ1) is 25.5. The third-order valence-electron chi connectivity index (χ3n) is 4.90. The van der Waals surface area contributed by atoms with Gasteiger partial charge in [-0.3, -0.25) is 4.79 Å². The van der Waals surface area contributed by atoms with Gasteiger partial charge in [0.05, 0.1) is 29.1 Å². The first-order valence-corrected chi connectivity index (χ1v) is 10.2. The molecule has 0 saturated heterocycles. The Labute approximate surface area is 189 Å². The van der Waals surface area contributed by atoms with E-state index in [0.717, 1.165) is 5.56 Å². The van der Waals surface area contributed by atoms with Gasteiger partial charge in [-0.15, -0.1) is 0 Å². The van der Waals surface area contributed by atoms with Crippen LogP contribution in [0.5, 0.6) is 5.75 Å². The molecule has 0 bridgehead atoms. The van der Waals surface area contributed by atoms with Gasteiger partial charge in [-0.1, -0.05) is 35.9 Å². The first-order chi connectivity index (χ1) is 14.0. The van der Waals surface area contributed by atoms with Crippen LogP contribution in [0.3, 0.4) is 0 Å². The van der Waals surface area contributed by atoms with Crippen LogP contribution in [0.4, 0.5) is 4.39 Å². The minimum Gasteiger partial charge on any atom is -0.498 e. The number of hydrogen-bond donors (Lipinski definition) is 2. The molecule has 1 heterocycles. The minimum atomic E-state index is -3.46. The van der Waals surface area contributed by atoms with Crippen molar-refractivity contribution in [2.45, 2.75) is 49.8 Å². The number of rotatable bonds is 7. The fraction of sp³-hybridized carbons (Fsp3) is 0.444. The SMILES string of the molecule is BC(B)(Oc1cnn(C(C)(C)C)c(=O)c1Cl)c1ccc(COC(B)(B)C(O)(O)F)cc1. The third kappa shape index (κ3) is 5.94. The van der Waals surface area contributed by atoms with Crippen molar-refractivity contribution in [3.63, 3.8) is 0 Å². The molecule has 2 rings (SSSR count). The van der Waals surface area contributed by atoms with Crippen LogP contribution in [0.2, 0.25) is 5.02 Å². The molecule has 1 aromatic heterocycles. The van der Waals surface area contributed by atoms with Crippen LogP contribution >= 0.6 is 11.6 Å². The number of hydrogen-bond acceptors (Lipinski definition) is 6. The monoisotopic (exact) mass is 448 g/mol. The second kappa shape index (κ2) is 8.65. The molecule has 0 spiro atoms. The Bertz CT molecular complexity index is 988. The van der Waals surface area contributed by atoms with E-state index in [1.165, 1.54) is 26.6 Å². The molecule has 164 valence electrons. The molecule has 2 aromatic rings. The van der Waals surface area contributed by atoms with Crippen LogP contribution < -0.4 is 10.3 Å².